The van der Waals surface area contributed by atoms with Crippen LogP contribution in [-0.4, -0.2) is 64.9 Å². The van der Waals surface area contributed by atoms with Gasteiger partial charge in [0.05, 0.1) is 22.6 Å². The van der Waals surface area contributed by atoms with Gasteiger partial charge < -0.3 is 14.4 Å². The summed E-state index contributed by atoms with van der Waals surface area (Å²) in [5.41, 5.74) is 1.43. The van der Waals surface area contributed by atoms with Crippen molar-refractivity contribution < 1.29 is 22.8 Å². The first kappa shape index (κ1) is 27.4. The fourth-order valence-corrected chi connectivity index (χ4v) is 4.78. The summed E-state index contributed by atoms with van der Waals surface area (Å²) in [4.78, 5) is 34.5. The van der Waals surface area contributed by atoms with Crippen molar-refractivity contribution in [2.24, 2.45) is 0 Å². The quantitative estimate of drug-likeness (QED) is 0.443. The average molecular weight is 528 g/mol. The van der Waals surface area contributed by atoms with Crippen molar-refractivity contribution >= 4 is 28.8 Å². The molecule has 0 aliphatic carbocycles. The summed E-state index contributed by atoms with van der Waals surface area (Å²) >= 11 is 0. The van der Waals surface area contributed by atoms with Crippen LogP contribution in [-0.2, 0) is 11.0 Å². The SMILES string of the molecule is Cc1cccc2nc(NC(=O)c3cccc(C(F)(F)F)c3)n(C3CCCCN(C(=O)C=CCN(C)C)C3)c12. The molecule has 1 atom stereocenters. The highest BCUT2D eigenvalue weighted by Gasteiger charge is 2.31. The Kier molecular flexibility index (Phi) is 8.20. The number of hydrogen-bond donors (Lipinski definition) is 1. The molecule has 1 fully saturated rings. The van der Waals surface area contributed by atoms with Gasteiger partial charge in [0.2, 0.25) is 11.9 Å². The van der Waals surface area contributed by atoms with Crippen LogP contribution in [0.2, 0.25) is 0 Å². The summed E-state index contributed by atoms with van der Waals surface area (Å²) in [6.45, 7) is 3.65. The number of nitrogens with one attached hydrogen (secondary N) is 1. The second kappa shape index (κ2) is 11.4. The molecule has 0 spiro atoms. The number of alkyl halides is 3. The number of imidazole rings is 1. The molecule has 0 radical (unpaired) electrons. The van der Waals surface area contributed by atoms with Crippen LogP contribution in [0.4, 0.5) is 19.1 Å². The van der Waals surface area contributed by atoms with Gasteiger partial charge in [0.25, 0.3) is 5.91 Å². The molecule has 38 heavy (non-hydrogen) atoms. The van der Waals surface area contributed by atoms with E-state index in [1.807, 2.05) is 59.7 Å². The Balaban J connectivity index is 1.68. The molecule has 2 amide bonds. The second-order valence-electron chi connectivity index (χ2n) is 9.88. The van der Waals surface area contributed by atoms with Crippen molar-refractivity contribution in [1.82, 2.24) is 19.4 Å². The number of carbonyl (C=O) groups is 2. The van der Waals surface area contributed by atoms with Crippen LogP contribution in [0.25, 0.3) is 11.0 Å². The molecule has 2 aromatic carbocycles. The third-order valence-electron chi connectivity index (χ3n) is 6.64. The standard InChI is InChI=1S/C28H32F3N5O2/c1-19-9-6-13-23-25(19)36(22-12-4-5-16-35(18-22)24(37)14-8-15-34(2)3)27(32-23)33-26(38)20-10-7-11-21(17-20)28(29,30)31/h6-11,13-14,17,22H,4-5,12,15-16,18H2,1-3H3,(H,32,33,38). The number of aryl methyl sites for hydroxylation is 1. The van der Waals surface area contributed by atoms with Gasteiger partial charge in [0.1, 0.15) is 0 Å². The number of likely N-dealkylation sites (N-methyl/N-ethyl adjacent to an activating group) is 1. The van der Waals surface area contributed by atoms with E-state index in [1.165, 1.54) is 12.1 Å². The number of aromatic nitrogens is 2. The van der Waals surface area contributed by atoms with Crippen LogP contribution in [0.15, 0.2) is 54.6 Å². The van der Waals surface area contributed by atoms with E-state index < -0.39 is 17.6 Å². The molecule has 10 heteroatoms. The fraction of sp³-hybridized carbons (Fsp3) is 0.393. The van der Waals surface area contributed by atoms with E-state index in [1.54, 1.807) is 6.08 Å². The Morgan fingerprint density at radius 1 is 1.16 bits per heavy atom. The molecule has 1 N–H and O–H groups in total. The van der Waals surface area contributed by atoms with E-state index in [-0.39, 0.29) is 23.5 Å². The lowest BCUT2D eigenvalue weighted by Crippen LogP contribution is -2.35. The highest BCUT2D eigenvalue weighted by atomic mass is 19.4. The maximum absolute atomic E-state index is 13.2. The van der Waals surface area contributed by atoms with Gasteiger partial charge in [-0.3, -0.25) is 14.9 Å². The molecule has 1 aliphatic rings. The van der Waals surface area contributed by atoms with E-state index in [0.717, 1.165) is 42.5 Å². The lowest BCUT2D eigenvalue weighted by Gasteiger charge is -2.26. The van der Waals surface area contributed by atoms with Crippen molar-refractivity contribution in [3.8, 4) is 0 Å². The zero-order valence-corrected chi connectivity index (χ0v) is 21.8. The Morgan fingerprint density at radius 3 is 2.66 bits per heavy atom. The monoisotopic (exact) mass is 527 g/mol. The van der Waals surface area contributed by atoms with Crippen LogP contribution < -0.4 is 5.32 Å². The molecule has 4 rings (SSSR count). The molecule has 0 saturated carbocycles. The number of likely N-dealkylation sites (tertiary alicyclic amines) is 1. The molecule has 2 heterocycles. The van der Waals surface area contributed by atoms with Crippen LogP contribution >= 0.6 is 0 Å². The fourth-order valence-electron chi connectivity index (χ4n) is 4.78. The number of para-hydroxylation sites is 1. The molecular weight excluding hydrogens is 495 g/mol. The number of nitrogens with zero attached hydrogens (tertiary/aromatic N) is 4. The normalized spacial score (nSPS) is 16.8. The van der Waals surface area contributed by atoms with Crippen molar-refractivity contribution in [2.75, 3.05) is 39.0 Å². The molecule has 3 aromatic rings. The van der Waals surface area contributed by atoms with Gasteiger partial charge in [-0.1, -0.05) is 24.3 Å². The summed E-state index contributed by atoms with van der Waals surface area (Å²) in [5.74, 6) is -0.507. The van der Waals surface area contributed by atoms with Crippen LogP contribution in [0, 0.1) is 6.92 Å². The van der Waals surface area contributed by atoms with Crippen molar-refractivity contribution in [3.05, 3.63) is 71.3 Å². The van der Waals surface area contributed by atoms with Gasteiger partial charge >= 0.3 is 6.18 Å². The Hall–Kier alpha value is -3.66. The largest absolute Gasteiger partial charge is 0.416 e. The minimum absolute atomic E-state index is 0.0746. The van der Waals surface area contributed by atoms with E-state index >= 15 is 0 Å². The minimum Gasteiger partial charge on any atom is -0.337 e. The molecule has 7 nitrogen and oxygen atoms in total. The smallest absolute Gasteiger partial charge is 0.337 e. The Bertz CT molecular complexity index is 1350. The van der Waals surface area contributed by atoms with Gasteiger partial charge in [-0.2, -0.15) is 13.2 Å². The summed E-state index contributed by atoms with van der Waals surface area (Å²) in [6.07, 6.45) is 1.36. The predicted molar refractivity (Wildman–Crippen MR) is 141 cm³/mol. The average Bonchev–Trinajstić information content (AvgIpc) is 3.05. The number of fused-ring (bicyclic) bond motifs is 1. The molecule has 202 valence electrons. The Morgan fingerprint density at radius 2 is 1.92 bits per heavy atom. The van der Waals surface area contributed by atoms with Gasteiger partial charge in [-0.05, 0) is 70.1 Å². The lowest BCUT2D eigenvalue weighted by atomic mass is 10.1. The number of benzene rings is 2. The van der Waals surface area contributed by atoms with Crippen molar-refractivity contribution in [3.63, 3.8) is 0 Å². The summed E-state index contributed by atoms with van der Waals surface area (Å²) in [5, 5.41) is 2.75. The van der Waals surface area contributed by atoms with E-state index in [0.29, 0.717) is 25.2 Å². The van der Waals surface area contributed by atoms with Crippen molar-refractivity contribution in [1.29, 1.82) is 0 Å². The molecule has 1 unspecified atom stereocenters. The Labute approximate surface area is 219 Å². The predicted octanol–water partition coefficient (Wildman–Crippen LogP) is 5.29. The molecule has 1 saturated heterocycles. The van der Waals surface area contributed by atoms with Gasteiger partial charge in [0.15, 0.2) is 0 Å². The van der Waals surface area contributed by atoms with Gasteiger partial charge in [-0.15, -0.1) is 0 Å². The van der Waals surface area contributed by atoms with Crippen molar-refractivity contribution in [2.45, 2.75) is 38.4 Å². The van der Waals surface area contributed by atoms with E-state index in [9.17, 15) is 22.8 Å². The minimum atomic E-state index is -4.56. The maximum Gasteiger partial charge on any atom is 0.416 e. The van der Waals surface area contributed by atoms with E-state index in [2.05, 4.69) is 10.3 Å². The number of anilines is 1. The third kappa shape index (κ3) is 6.24. The first-order valence-electron chi connectivity index (χ1n) is 12.6. The summed E-state index contributed by atoms with van der Waals surface area (Å²) in [7, 11) is 3.86. The van der Waals surface area contributed by atoms with E-state index in [4.69, 9.17) is 0 Å². The zero-order chi connectivity index (χ0) is 27.4. The number of hydrogen-bond acceptors (Lipinski definition) is 4. The summed E-state index contributed by atoms with van der Waals surface area (Å²) in [6, 6.07) is 9.79. The van der Waals surface area contributed by atoms with Gasteiger partial charge in [-0.25, -0.2) is 4.98 Å². The highest BCUT2D eigenvalue weighted by Crippen LogP contribution is 2.33. The number of halogens is 3. The number of rotatable bonds is 6. The highest BCUT2D eigenvalue weighted by molar-refractivity contribution is 6.04. The second-order valence-corrected chi connectivity index (χ2v) is 9.88. The molecular formula is C28H32F3N5O2. The third-order valence-corrected chi connectivity index (χ3v) is 6.64. The molecule has 1 aliphatic heterocycles. The first-order chi connectivity index (χ1) is 18.0. The molecule has 1 aromatic heterocycles. The first-order valence-corrected chi connectivity index (χ1v) is 12.6. The number of carbonyl (C=O) groups excluding carboxylic acids is 2. The van der Waals surface area contributed by atoms with Crippen LogP contribution in [0.5, 0.6) is 0 Å². The number of amides is 2. The van der Waals surface area contributed by atoms with Crippen LogP contribution in [0.1, 0.15) is 46.8 Å². The zero-order valence-electron chi connectivity index (χ0n) is 21.8. The van der Waals surface area contributed by atoms with Crippen LogP contribution in [0.3, 0.4) is 0 Å². The lowest BCUT2D eigenvalue weighted by molar-refractivity contribution is -0.137. The van der Waals surface area contributed by atoms with Gasteiger partial charge in [0, 0.05) is 31.3 Å². The summed E-state index contributed by atoms with van der Waals surface area (Å²) < 4.78 is 41.6. The topological polar surface area (TPSA) is 70.5 Å². The molecule has 0 bridgehead atoms. The maximum atomic E-state index is 13.2.